The third kappa shape index (κ3) is 11.4. The maximum absolute atomic E-state index is 11.6. The number of nitrogens with zero attached hydrogens (tertiary/aromatic N) is 1. The molecule has 1 fully saturated rings. The van der Waals surface area contributed by atoms with Crippen molar-refractivity contribution in [3.8, 4) is 0 Å². The van der Waals surface area contributed by atoms with E-state index < -0.39 is 17.8 Å². The van der Waals surface area contributed by atoms with Crippen molar-refractivity contribution in [3.63, 3.8) is 0 Å². The van der Waals surface area contributed by atoms with Crippen molar-refractivity contribution in [2.75, 3.05) is 0 Å². The Hall–Kier alpha value is -1.91. The molecule has 152 valence electrons. The SMILES string of the molecule is CCCCC/C=C/C/C=C/CCCCCCCC(=O)ON1C(=O)CCC1=O. The highest BCUT2D eigenvalue weighted by Crippen LogP contribution is 2.14. The van der Waals surface area contributed by atoms with Crippen LogP contribution in [-0.2, 0) is 19.2 Å². The molecule has 1 aliphatic rings. The summed E-state index contributed by atoms with van der Waals surface area (Å²) in [5.74, 6) is -1.34. The topological polar surface area (TPSA) is 63.7 Å². The largest absolute Gasteiger partial charge is 0.333 e. The van der Waals surface area contributed by atoms with Gasteiger partial charge in [-0.3, -0.25) is 9.59 Å². The zero-order valence-corrected chi connectivity index (χ0v) is 16.8. The van der Waals surface area contributed by atoms with E-state index in [1.165, 1.54) is 25.7 Å². The van der Waals surface area contributed by atoms with Gasteiger partial charge in [-0.15, -0.1) is 5.06 Å². The molecular weight excluding hydrogens is 342 g/mol. The third-order valence-electron chi connectivity index (χ3n) is 4.53. The Kier molecular flexibility index (Phi) is 13.0. The van der Waals surface area contributed by atoms with Crippen LogP contribution in [0.1, 0.15) is 96.8 Å². The lowest BCUT2D eigenvalue weighted by molar-refractivity contribution is -0.197. The van der Waals surface area contributed by atoms with Gasteiger partial charge in [-0.25, -0.2) is 4.79 Å². The molecule has 0 N–H and O–H groups in total. The number of hydrogen-bond acceptors (Lipinski definition) is 4. The molecule has 0 saturated carbocycles. The number of imide groups is 1. The van der Waals surface area contributed by atoms with Crippen LogP contribution in [0.4, 0.5) is 0 Å². The summed E-state index contributed by atoms with van der Waals surface area (Å²) in [4.78, 5) is 39.2. The Morgan fingerprint density at radius 1 is 0.852 bits per heavy atom. The molecule has 0 bridgehead atoms. The summed E-state index contributed by atoms with van der Waals surface area (Å²) in [6.45, 7) is 2.22. The number of carbonyl (C=O) groups is 3. The van der Waals surface area contributed by atoms with E-state index in [4.69, 9.17) is 4.84 Å². The summed E-state index contributed by atoms with van der Waals surface area (Å²) in [6, 6.07) is 0. The molecule has 27 heavy (non-hydrogen) atoms. The quantitative estimate of drug-likeness (QED) is 0.217. The van der Waals surface area contributed by atoms with Crippen LogP contribution in [0, 0.1) is 0 Å². The summed E-state index contributed by atoms with van der Waals surface area (Å²) >= 11 is 0. The average molecular weight is 378 g/mol. The van der Waals surface area contributed by atoms with E-state index in [0.717, 1.165) is 44.9 Å². The van der Waals surface area contributed by atoms with Crippen molar-refractivity contribution in [3.05, 3.63) is 24.3 Å². The predicted octanol–water partition coefficient (Wildman–Crippen LogP) is 5.41. The first-order valence-corrected chi connectivity index (χ1v) is 10.5. The van der Waals surface area contributed by atoms with E-state index >= 15 is 0 Å². The smallest absolute Gasteiger partial charge is 0.330 e. The molecule has 0 aromatic heterocycles. The van der Waals surface area contributed by atoms with E-state index in [2.05, 4.69) is 31.2 Å². The van der Waals surface area contributed by atoms with Crippen LogP contribution >= 0.6 is 0 Å². The molecular formula is C22H35NO4. The summed E-state index contributed by atoms with van der Waals surface area (Å²) < 4.78 is 0. The second-order valence-electron chi connectivity index (χ2n) is 7.03. The molecule has 1 saturated heterocycles. The minimum absolute atomic E-state index is 0.135. The van der Waals surface area contributed by atoms with Gasteiger partial charge in [0.05, 0.1) is 0 Å². The molecule has 0 aliphatic carbocycles. The maximum Gasteiger partial charge on any atom is 0.333 e. The molecule has 0 aromatic carbocycles. The summed E-state index contributed by atoms with van der Waals surface area (Å²) in [7, 11) is 0. The van der Waals surface area contributed by atoms with Crippen molar-refractivity contribution in [2.24, 2.45) is 0 Å². The fourth-order valence-electron chi connectivity index (χ4n) is 2.89. The normalized spacial score (nSPS) is 14.8. The molecule has 5 heteroatoms. The minimum atomic E-state index is -0.496. The lowest BCUT2D eigenvalue weighted by atomic mass is 10.1. The Balaban J connectivity index is 1.90. The van der Waals surface area contributed by atoms with Gasteiger partial charge in [0.2, 0.25) is 0 Å². The number of hydroxylamine groups is 2. The van der Waals surface area contributed by atoms with Crippen LogP contribution in [-0.4, -0.2) is 22.8 Å². The highest BCUT2D eigenvalue weighted by molar-refractivity contribution is 6.01. The minimum Gasteiger partial charge on any atom is -0.330 e. The first kappa shape index (κ1) is 23.1. The van der Waals surface area contributed by atoms with Crippen LogP contribution in [0.5, 0.6) is 0 Å². The highest BCUT2D eigenvalue weighted by atomic mass is 16.7. The fourth-order valence-corrected chi connectivity index (χ4v) is 2.89. The van der Waals surface area contributed by atoms with Crippen LogP contribution in [0.15, 0.2) is 24.3 Å². The van der Waals surface area contributed by atoms with E-state index in [-0.39, 0.29) is 19.3 Å². The Morgan fingerprint density at radius 2 is 1.41 bits per heavy atom. The van der Waals surface area contributed by atoms with Gasteiger partial charge in [0, 0.05) is 19.3 Å². The Morgan fingerprint density at radius 3 is 2.04 bits per heavy atom. The third-order valence-corrected chi connectivity index (χ3v) is 4.53. The zero-order valence-electron chi connectivity index (χ0n) is 16.8. The number of hydrogen-bond donors (Lipinski definition) is 0. The monoisotopic (exact) mass is 377 g/mol. The van der Waals surface area contributed by atoms with Crippen LogP contribution in [0.2, 0.25) is 0 Å². The number of unbranched alkanes of at least 4 members (excludes halogenated alkanes) is 8. The van der Waals surface area contributed by atoms with E-state index in [9.17, 15) is 14.4 Å². The van der Waals surface area contributed by atoms with Gasteiger partial charge >= 0.3 is 5.97 Å². The molecule has 0 atom stereocenters. The summed E-state index contributed by atoms with van der Waals surface area (Å²) in [5.41, 5.74) is 0. The lowest BCUT2D eigenvalue weighted by Gasteiger charge is -2.12. The second kappa shape index (κ2) is 15.2. The molecule has 0 aromatic rings. The van der Waals surface area contributed by atoms with Gasteiger partial charge in [-0.2, -0.15) is 0 Å². The fraction of sp³-hybridized carbons (Fsp3) is 0.682. The van der Waals surface area contributed by atoms with E-state index in [1.807, 2.05) is 0 Å². The average Bonchev–Trinajstić information content (AvgIpc) is 2.97. The summed E-state index contributed by atoms with van der Waals surface area (Å²) in [6.07, 6.45) is 21.8. The van der Waals surface area contributed by atoms with Crippen molar-refractivity contribution in [1.82, 2.24) is 5.06 Å². The van der Waals surface area contributed by atoms with Gasteiger partial charge in [0.25, 0.3) is 11.8 Å². The molecule has 0 spiro atoms. The van der Waals surface area contributed by atoms with Gasteiger partial charge < -0.3 is 4.84 Å². The van der Waals surface area contributed by atoms with Crippen LogP contribution < -0.4 is 0 Å². The first-order valence-electron chi connectivity index (χ1n) is 10.5. The van der Waals surface area contributed by atoms with Crippen LogP contribution in [0.3, 0.4) is 0 Å². The molecule has 1 aliphatic heterocycles. The van der Waals surface area contributed by atoms with E-state index in [0.29, 0.717) is 5.06 Å². The van der Waals surface area contributed by atoms with Crippen molar-refractivity contribution < 1.29 is 19.2 Å². The van der Waals surface area contributed by atoms with Gasteiger partial charge in [-0.05, 0) is 38.5 Å². The van der Waals surface area contributed by atoms with Crippen molar-refractivity contribution >= 4 is 17.8 Å². The standard InChI is InChI=1S/C22H35NO4/c1-2-3-4-5-6-7-8-9-10-11-12-13-14-15-16-17-22(26)27-23-20(24)18-19-21(23)25/h6-7,9-10H,2-5,8,11-19H2,1H3/b7-6+,10-9+. The lowest BCUT2D eigenvalue weighted by Crippen LogP contribution is -2.31. The number of allylic oxidation sites excluding steroid dienone is 4. The molecule has 1 rings (SSSR count). The van der Waals surface area contributed by atoms with Crippen molar-refractivity contribution in [1.29, 1.82) is 0 Å². The summed E-state index contributed by atoms with van der Waals surface area (Å²) in [5, 5.41) is 0.620. The zero-order chi connectivity index (χ0) is 19.7. The van der Waals surface area contributed by atoms with E-state index in [1.54, 1.807) is 0 Å². The van der Waals surface area contributed by atoms with Crippen molar-refractivity contribution in [2.45, 2.75) is 96.8 Å². The molecule has 2 amide bonds. The maximum atomic E-state index is 11.6. The molecule has 0 radical (unpaired) electrons. The van der Waals surface area contributed by atoms with Gasteiger partial charge in [-0.1, -0.05) is 63.3 Å². The Bertz CT molecular complexity index is 494. The number of rotatable bonds is 15. The first-order chi connectivity index (χ1) is 13.1. The molecule has 5 nitrogen and oxygen atoms in total. The Labute approximate surface area is 163 Å². The van der Waals surface area contributed by atoms with Gasteiger partial charge in [0.1, 0.15) is 0 Å². The van der Waals surface area contributed by atoms with Gasteiger partial charge in [0.15, 0.2) is 0 Å². The van der Waals surface area contributed by atoms with Crippen LogP contribution in [0.25, 0.3) is 0 Å². The number of amides is 2. The second-order valence-corrected chi connectivity index (χ2v) is 7.03. The predicted molar refractivity (Wildman–Crippen MR) is 107 cm³/mol. The number of carbonyl (C=O) groups excluding carboxylic acids is 3. The molecule has 0 unspecified atom stereocenters. The molecule has 1 heterocycles. The highest BCUT2D eigenvalue weighted by Gasteiger charge is 2.32.